The Labute approximate surface area is 432 Å². The molecule has 0 spiro atoms. The van der Waals surface area contributed by atoms with Crippen LogP contribution >= 0.6 is 11.3 Å². The van der Waals surface area contributed by atoms with Crippen molar-refractivity contribution in [2.24, 2.45) is 0 Å². The van der Waals surface area contributed by atoms with Crippen LogP contribution < -0.4 is 31.2 Å². The highest BCUT2D eigenvalue weighted by atomic mass is 32.1. The average Bonchev–Trinajstić information content (AvgIpc) is 3.89. The van der Waals surface area contributed by atoms with Gasteiger partial charge in [0.15, 0.2) is 12.7 Å². The molecule has 0 aliphatic rings. The minimum atomic E-state index is -6.13. The van der Waals surface area contributed by atoms with Crippen LogP contribution in [0.1, 0.15) is 65.4 Å². The summed E-state index contributed by atoms with van der Waals surface area (Å²) in [5, 5.41) is 2.48. The summed E-state index contributed by atoms with van der Waals surface area (Å²) in [6, 6.07) is 8.71. The third kappa shape index (κ3) is 14.4. The first kappa shape index (κ1) is 61.0. The fraction of sp³-hybridized carbons (Fsp3) is 0.200. The van der Waals surface area contributed by atoms with Crippen molar-refractivity contribution in [2.75, 3.05) is 0 Å². The molecule has 0 saturated carbocycles. The quantitative estimate of drug-likeness (QED) is 0.0499. The molecule has 1 heterocycles. The first-order chi connectivity index (χ1) is 36.0. The van der Waals surface area contributed by atoms with Crippen molar-refractivity contribution in [3.05, 3.63) is 200 Å². The minimum absolute atomic E-state index is 0.324. The number of rotatable bonds is 8. The summed E-state index contributed by atoms with van der Waals surface area (Å²) < 4.78 is 348. The Bertz CT molecular complexity index is 2870. The number of alkyl halides is 24. The minimum Gasteiger partial charge on any atom is -0.418 e. The van der Waals surface area contributed by atoms with Crippen molar-refractivity contribution < 1.29 is 119 Å². The van der Waals surface area contributed by atoms with Crippen molar-refractivity contribution in [1.82, 2.24) is 0 Å². The molecule has 422 valence electrons. The van der Waals surface area contributed by atoms with E-state index in [1.54, 1.807) is 0 Å². The molecule has 6 aromatic carbocycles. The van der Waals surface area contributed by atoms with Gasteiger partial charge in [0, 0.05) is 5.56 Å². The van der Waals surface area contributed by atoms with E-state index in [9.17, 15) is 110 Å². The average molecular weight is 1170 g/mol. The molecule has 0 bridgehead atoms. The van der Waals surface area contributed by atoms with E-state index in [4.69, 9.17) is 4.74 Å². The SMILES string of the molecule is Cc1ccc(OC(=O)c2scc[n+]2Cc2ccccc2)cc1.FC(F)(F)c1cc([B-](c2cc(C(F)(F)F)cc(C(F)(F)F)c2)(c2cc(C(F)(F)F)cc(C(F)(F)F)c2)c2cc(C(F)(F)F)cc(C(F)(F)F)c2)cc(C(F)(F)F)c1. The second-order valence-corrected chi connectivity index (χ2v) is 18.1. The maximum absolute atomic E-state index is 14.2. The van der Waals surface area contributed by atoms with E-state index in [0.29, 0.717) is 17.3 Å². The van der Waals surface area contributed by atoms with Gasteiger partial charge in [-0.3, -0.25) is 0 Å². The molecule has 0 N–H and O–H groups in total. The number of carbonyl (C=O) groups excluding carboxylic acids is 1. The van der Waals surface area contributed by atoms with Gasteiger partial charge in [0.25, 0.3) is 0 Å². The van der Waals surface area contributed by atoms with Crippen LogP contribution in [0.3, 0.4) is 0 Å². The van der Waals surface area contributed by atoms with Crippen molar-refractivity contribution in [1.29, 1.82) is 0 Å². The van der Waals surface area contributed by atoms with E-state index in [-0.39, 0.29) is 5.97 Å². The summed E-state index contributed by atoms with van der Waals surface area (Å²) in [5.74, 6) is 0.241. The van der Waals surface area contributed by atoms with Crippen LogP contribution in [0.15, 0.2) is 139 Å². The smallest absolute Gasteiger partial charge is 0.418 e. The fourth-order valence-electron chi connectivity index (χ4n) is 8.20. The molecule has 7 aromatic rings. The number of thiazole rings is 1. The zero-order valence-electron chi connectivity index (χ0n) is 38.8. The van der Waals surface area contributed by atoms with Crippen molar-refractivity contribution >= 4 is 45.3 Å². The summed E-state index contributed by atoms with van der Waals surface area (Å²) >= 11 is 1.39. The van der Waals surface area contributed by atoms with E-state index < -0.39 is 195 Å². The number of halogens is 24. The third-order valence-corrected chi connectivity index (χ3v) is 12.6. The lowest BCUT2D eigenvalue weighted by molar-refractivity contribution is -0.685. The molecule has 3 nitrogen and oxygen atoms in total. The molecular weight excluding hydrogens is 1150 g/mol. The number of aryl methyl sites for hydroxylation is 1. The van der Waals surface area contributed by atoms with E-state index in [0.717, 1.165) is 11.1 Å². The second kappa shape index (κ2) is 21.5. The van der Waals surface area contributed by atoms with Crippen LogP contribution in [0.4, 0.5) is 105 Å². The zero-order valence-corrected chi connectivity index (χ0v) is 39.6. The largest absolute Gasteiger partial charge is 0.420 e. The molecular formula is C50H28BF24NO2S. The number of ether oxygens (including phenoxy) is 1. The lowest BCUT2D eigenvalue weighted by Gasteiger charge is -2.46. The van der Waals surface area contributed by atoms with Crippen molar-refractivity contribution in [3.63, 3.8) is 0 Å². The van der Waals surface area contributed by atoms with Gasteiger partial charge in [-0.1, -0.05) is 108 Å². The monoisotopic (exact) mass is 1170 g/mol. The summed E-state index contributed by atoms with van der Waals surface area (Å²) in [7, 11) is 0. The molecule has 0 atom stereocenters. The summed E-state index contributed by atoms with van der Waals surface area (Å²) in [6.45, 7) is 2.65. The van der Waals surface area contributed by atoms with Crippen LogP contribution in [0.25, 0.3) is 0 Å². The van der Waals surface area contributed by atoms with Crippen LogP contribution in [-0.2, 0) is 56.0 Å². The van der Waals surface area contributed by atoms with Crippen LogP contribution in [0.5, 0.6) is 5.75 Å². The summed E-state index contributed by atoms with van der Waals surface area (Å²) in [4.78, 5) is 12.3. The Kier molecular flexibility index (Phi) is 16.6. The molecule has 0 radical (unpaired) electrons. The third-order valence-electron chi connectivity index (χ3n) is 11.7. The normalized spacial score (nSPS) is 13.2. The van der Waals surface area contributed by atoms with E-state index >= 15 is 0 Å². The maximum Gasteiger partial charge on any atom is 0.420 e. The van der Waals surface area contributed by atoms with Gasteiger partial charge in [-0.05, 0) is 43.3 Å². The van der Waals surface area contributed by atoms with Gasteiger partial charge >= 0.3 is 60.4 Å². The molecule has 0 aliphatic carbocycles. The van der Waals surface area contributed by atoms with Crippen LogP contribution in [0, 0.1) is 6.92 Å². The van der Waals surface area contributed by atoms with E-state index in [2.05, 4.69) is 0 Å². The number of hydrogen-bond acceptors (Lipinski definition) is 3. The van der Waals surface area contributed by atoms with Crippen molar-refractivity contribution in [3.8, 4) is 5.75 Å². The Morgan fingerprint density at radius 2 is 0.696 bits per heavy atom. The van der Waals surface area contributed by atoms with Gasteiger partial charge in [0.05, 0.1) is 49.9 Å². The Morgan fingerprint density at radius 1 is 0.418 bits per heavy atom. The predicted octanol–water partition coefficient (Wildman–Crippen LogP) is 14.8. The van der Waals surface area contributed by atoms with Gasteiger partial charge in [-0.25, -0.2) is 4.79 Å². The number of benzene rings is 6. The number of nitrogens with zero attached hydrogens (tertiary/aromatic N) is 1. The zero-order chi connectivity index (χ0) is 59.3. The highest BCUT2D eigenvalue weighted by molar-refractivity contribution is 7.20. The molecule has 0 aliphatic heterocycles. The second-order valence-electron chi connectivity index (χ2n) is 17.2. The Morgan fingerprint density at radius 3 is 0.962 bits per heavy atom. The highest BCUT2D eigenvalue weighted by Crippen LogP contribution is 2.41. The summed E-state index contributed by atoms with van der Waals surface area (Å²) in [5.41, 5.74) is -27.9. The van der Waals surface area contributed by atoms with Crippen LogP contribution in [-0.4, -0.2) is 12.1 Å². The molecule has 0 saturated heterocycles. The number of aromatic nitrogens is 1. The van der Waals surface area contributed by atoms with Gasteiger partial charge in [0.1, 0.15) is 11.9 Å². The standard InChI is InChI=1S/C32H12BF24.C18H16NO2S/c34-25(35,36)13-1-14(26(37,38)39)6-21(5-13)33(22-7-15(27(40,41)42)2-16(8-22)28(43,44)45,23-9-17(29(46,47)48)3-18(10-23)30(49,50)51)24-11-19(31(52,53)54)4-20(12-24)32(55,56)57;1-14-7-9-16(10-8-14)21-18(20)17-19(11-12-22-17)13-15-5-3-2-4-6-15/h1-12H;2-12H,13H2,1H3/q-1;+1. The number of carbonyl (C=O) groups is 1. The molecule has 79 heavy (non-hydrogen) atoms. The Hall–Kier alpha value is -7.20. The predicted molar refractivity (Wildman–Crippen MR) is 236 cm³/mol. The fourth-order valence-corrected chi connectivity index (χ4v) is 8.94. The molecule has 1 aromatic heterocycles. The van der Waals surface area contributed by atoms with Crippen molar-refractivity contribution in [2.45, 2.75) is 62.9 Å². The topological polar surface area (TPSA) is 30.2 Å². The molecule has 29 heteroatoms. The van der Waals surface area contributed by atoms with E-state index in [1.165, 1.54) is 11.3 Å². The van der Waals surface area contributed by atoms with Gasteiger partial charge in [0.2, 0.25) is 0 Å². The lowest BCUT2D eigenvalue weighted by Crippen LogP contribution is -2.75. The Balaban J connectivity index is 0.000000378. The first-order valence-electron chi connectivity index (χ1n) is 21.6. The van der Waals surface area contributed by atoms with Gasteiger partial charge in [-0.2, -0.15) is 132 Å². The summed E-state index contributed by atoms with van der Waals surface area (Å²) in [6.07, 6.45) is -52.9. The van der Waals surface area contributed by atoms with Gasteiger partial charge < -0.3 is 4.74 Å². The molecule has 0 fully saturated rings. The highest BCUT2D eigenvalue weighted by Gasteiger charge is 2.47. The molecule has 7 rings (SSSR count). The first-order valence-corrected chi connectivity index (χ1v) is 22.5. The lowest BCUT2D eigenvalue weighted by atomic mass is 9.12. The van der Waals surface area contributed by atoms with E-state index in [1.807, 2.05) is 77.7 Å². The molecule has 0 amide bonds. The number of hydrogen-bond donors (Lipinski definition) is 0. The number of esters is 1. The van der Waals surface area contributed by atoms with Gasteiger partial charge in [-0.15, -0.1) is 0 Å². The maximum atomic E-state index is 14.2. The van der Waals surface area contributed by atoms with Crippen LogP contribution in [0.2, 0.25) is 0 Å². The molecule has 0 unspecified atom stereocenters.